The van der Waals surface area contributed by atoms with Crippen LogP contribution in [-0.2, 0) is 4.79 Å². The quantitative estimate of drug-likeness (QED) is 0.864. The van der Waals surface area contributed by atoms with Gasteiger partial charge in [-0.1, -0.05) is 25.1 Å². The summed E-state index contributed by atoms with van der Waals surface area (Å²) < 4.78 is 0. The van der Waals surface area contributed by atoms with Crippen molar-refractivity contribution in [3.63, 3.8) is 0 Å². The van der Waals surface area contributed by atoms with E-state index in [4.69, 9.17) is 0 Å². The molecule has 1 aliphatic heterocycles. The number of nitrogens with zero attached hydrogens (tertiary/aromatic N) is 1. The lowest BCUT2D eigenvalue weighted by molar-refractivity contribution is -0.119. The minimum absolute atomic E-state index is 0.117. The SMILES string of the molecule is CCCNC(C)c1ccccc1N1CCCNC(=O)C1. The van der Waals surface area contributed by atoms with Crippen LogP contribution in [0.5, 0.6) is 0 Å². The van der Waals surface area contributed by atoms with Crippen LogP contribution in [0.1, 0.15) is 38.3 Å². The number of carbonyl (C=O) groups is 1. The summed E-state index contributed by atoms with van der Waals surface area (Å²) in [5.74, 6) is 0.117. The summed E-state index contributed by atoms with van der Waals surface area (Å²) in [5.41, 5.74) is 2.45. The smallest absolute Gasteiger partial charge is 0.239 e. The van der Waals surface area contributed by atoms with Gasteiger partial charge in [-0.25, -0.2) is 0 Å². The average molecular weight is 275 g/mol. The number of carbonyl (C=O) groups excluding carboxylic acids is 1. The van der Waals surface area contributed by atoms with E-state index in [0.29, 0.717) is 12.6 Å². The van der Waals surface area contributed by atoms with E-state index in [1.54, 1.807) is 0 Å². The molecule has 110 valence electrons. The maximum Gasteiger partial charge on any atom is 0.239 e. The van der Waals surface area contributed by atoms with Gasteiger partial charge in [-0.3, -0.25) is 4.79 Å². The van der Waals surface area contributed by atoms with Crippen LogP contribution in [0.2, 0.25) is 0 Å². The summed E-state index contributed by atoms with van der Waals surface area (Å²) in [6, 6.07) is 8.70. The Bertz CT molecular complexity index is 447. The zero-order chi connectivity index (χ0) is 14.4. The monoisotopic (exact) mass is 275 g/mol. The third-order valence-electron chi connectivity index (χ3n) is 3.71. The van der Waals surface area contributed by atoms with E-state index < -0.39 is 0 Å². The summed E-state index contributed by atoms with van der Waals surface area (Å²) in [6.45, 7) is 7.53. The molecule has 20 heavy (non-hydrogen) atoms. The van der Waals surface area contributed by atoms with Gasteiger partial charge in [-0.15, -0.1) is 0 Å². The molecule has 4 nitrogen and oxygen atoms in total. The van der Waals surface area contributed by atoms with Gasteiger partial charge in [0.15, 0.2) is 0 Å². The van der Waals surface area contributed by atoms with Crippen molar-refractivity contribution in [2.75, 3.05) is 31.1 Å². The van der Waals surface area contributed by atoms with Gasteiger partial charge in [0.25, 0.3) is 0 Å². The summed E-state index contributed by atoms with van der Waals surface area (Å²) in [4.78, 5) is 13.9. The highest BCUT2D eigenvalue weighted by molar-refractivity contribution is 5.82. The number of anilines is 1. The number of para-hydroxylation sites is 1. The Morgan fingerprint density at radius 2 is 2.20 bits per heavy atom. The molecule has 1 fully saturated rings. The summed E-state index contributed by atoms with van der Waals surface area (Å²) >= 11 is 0. The Kier molecular flexibility index (Phi) is 5.41. The highest BCUT2D eigenvalue weighted by Crippen LogP contribution is 2.26. The third-order valence-corrected chi connectivity index (χ3v) is 3.71. The zero-order valence-corrected chi connectivity index (χ0v) is 12.5. The van der Waals surface area contributed by atoms with Gasteiger partial charge in [0.05, 0.1) is 6.54 Å². The van der Waals surface area contributed by atoms with Gasteiger partial charge in [-0.05, 0) is 37.9 Å². The number of hydrogen-bond donors (Lipinski definition) is 2. The minimum Gasteiger partial charge on any atom is -0.362 e. The fourth-order valence-corrected chi connectivity index (χ4v) is 2.62. The van der Waals surface area contributed by atoms with E-state index >= 15 is 0 Å². The summed E-state index contributed by atoms with van der Waals surface area (Å²) in [5, 5.41) is 6.46. The fourth-order valence-electron chi connectivity index (χ4n) is 2.62. The molecule has 0 spiro atoms. The van der Waals surface area contributed by atoms with Crippen molar-refractivity contribution in [3.8, 4) is 0 Å². The molecule has 1 aromatic rings. The average Bonchev–Trinajstić information content (AvgIpc) is 2.69. The lowest BCUT2D eigenvalue weighted by Gasteiger charge is -2.27. The molecular weight excluding hydrogens is 250 g/mol. The topological polar surface area (TPSA) is 44.4 Å². The van der Waals surface area contributed by atoms with Gasteiger partial charge in [-0.2, -0.15) is 0 Å². The van der Waals surface area contributed by atoms with E-state index in [9.17, 15) is 4.79 Å². The molecule has 1 unspecified atom stereocenters. The molecule has 4 heteroatoms. The van der Waals surface area contributed by atoms with Gasteiger partial charge in [0.1, 0.15) is 0 Å². The van der Waals surface area contributed by atoms with Crippen LogP contribution in [0.25, 0.3) is 0 Å². The molecule has 1 aromatic carbocycles. The number of amides is 1. The molecule has 1 aliphatic rings. The Hall–Kier alpha value is -1.55. The maximum atomic E-state index is 11.8. The number of nitrogens with one attached hydrogen (secondary N) is 2. The van der Waals surface area contributed by atoms with E-state index in [1.165, 1.54) is 11.3 Å². The predicted octanol–water partition coefficient (Wildman–Crippen LogP) is 2.07. The highest BCUT2D eigenvalue weighted by atomic mass is 16.2. The molecule has 0 radical (unpaired) electrons. The Morgan fingerprint density at radius 1 is 1.40 bits per heavy atom. The lowest BCUT2D eigenvalue weighted by Crippen LogP contribution is -2.34. The predicted molar refractivity (Wildman–Crippen MR) is 83.0 cm³/mol. The molecule has 0 aliphatic carbocycles. The van der Waals surface area contributed by atoms with Crippen molar-refractivity contribution < 1.29 is 4.79 Å². The van der Waals surface area contributed by atoms with Gasteiger partial charge in [0, 0.05) is 24.8 Å². The Balaban J connectivity index is 2.19. The van der Waals surface area contributed by atoms with Gasteiger partial charge < -0.3 is 15.5 Å². The molecule has 1 amide bonds. The second kappa shape index (κ2) is 7.29. The molecule has 2 N–H and O–H groups in total. The second-order valence-electron chi connectivity index (χ2n) is 5.36. The van der Waals surface area contributed by atoms with Crippen molar-refractivity contribution in [2.45, 2.75) is 32.7 Å². The number of rotatable bonds is 5. The molecule has 0 bridgehead atoms. The van der Waals surface area contributed by atoms with E-state index in [2.05, 4.69) is 47.6 Å². The van der Waals surface area contributed by atoms with Crippen LogP contribution in [0.15, 0.2) is 24.3 Å². The second-order valence-corrected chi connectivity index (χ2v) is 5.36. The van der Waals surface area contributed by atoms with E-state index in [1.807, 2.05) is 6.07 Å². The van der Waals surface area contributed by atoms with Crippen molar-refractivity contribution in [2.24, 2.45) is 0 Å². The van der Waals surface area contributed by atoms with Crippen molar-refractivity contribution in [1.82, 2.24) is 10.6 Å². The van der Waals surface area contributed by atoms with Crippen molar-refractivity contribution >= 4 is 11.6 Å². The molecule has 0 saturated carbocycles. The molecule has 2 rings (SSSR count). The van der Waals surface area contributed by atoms with Crippen LogP contribution in [0.4, 0.5) is 5.69 Å². The lowest BCUT2D eigenvalue weighted by atomic mass is 10.0. The first-order valence-electron chi connectivity index (χ1n) is 7.56. The minimum atomic E-state index is 0.117. The Labute approximate surface area is 121 Å². The van der Waals surface area contributed by atoms with Crippen LogP contribution in [0, 0.1) is 0 Å². The first kappa shape index (κ1) is 14.9. The molecule has 1 heterocycles. The van der Waals surface area contributed by atoms with Crippen molar-refractivity contribution in [3.05, 3.63) is 29.8 Å². The molecule has 1 atom stereocenters. The van der Waals surface area contributed by atoms with Gasteiger partial charge >= 0.3 is 0 Å². The van der Waals surface area contributed by atoms with Crippen molar-refractivity contribution in [1.29, 1.82) is 0 Å². The molecule has 1 saturated heterocycles. The van der Waals surface area contributed by atoms with Crippen LogP contribution < -0.4 is 15.5 Å². The third kappa shape index (κ3) is 3.73. The summed E-state index contributed by atoms with van der Waals surface area (Å²) in [7, 11) is 0. The first-order valence-corrected chi connectivity index (χ1v) is 7.56. The Morgan fingerprint density at radius 3 is 3.00 bits per heavy atom. The largest absolute Gasteiger partial charge is 0.362 e. The van der Waals surface area contributed by atoms with E-state index in [0.717, 1.165) is 32.5 Å². The van der Waals surface area contributed by atoms with Crippen LogP contribution in [0.3, 0.4) is 0 Å². The van der Waals surface area contributed by atoms with Gasteiger partial charge in [0.2, 0.25) is 5.91 Å². The number of benzene rings is 1. The standard InChI is InChI=1S/C16H25N3O/c1-3-9-17-13(2)14-7-4-5-8-15(14)19-11-6-10-18-16(20)12-19/h4-5,7-8,13,17H,3,6,9-12H2,1-2H3,(H,18,20). The van der Waals surface area contributed by atoms with Crippen LogP contribution >= 0.6 is 0 Å². The first-order chi connectivity index (χ1) is 9.72. The zero-order valence-electron chi connectivity index (χ0n) is 12.5. The molecule has 0 aromatic heterocycles. The summed E-state index contributed by atoms with van der Waals surface area (Å²) in [6.07, 6.45) is 2.12. The molecular formula is C16H25N3O. The van der Waals surface area contributed by atoms with E-state index in [-0.39, 0.29) is 5.91 Å². The highest BCUT2D eigenvalue weighted by Gasteiger charge is 2.19. The fraction of sp³-hybridized carbons (Fsp3) is 0.562. The number of hydrogen-bond acceptors (Lipinski definition) is 3. The maximum absolute atomic E-state index is 11.8. The van der Waals surface area contributed by atoms with Crippen LogP contribution in [-0.4, -0.2) is 32.1 Å². The normalized spacial score (nSPS) is 17.5.